The van der Waals surface area contributed by atoms with Crippen LogP contribution in [-0.4, -0.2) is 46.8 Å². The molecule has 0 fully saturated rings. The van der Waals surface area contributed by atoms with Crippen LogP contribution in [0.25, 0.3) is 0 Å². The predicted octanol–water partition coefficient (Wildman–Crippen LogP) is 1.42. The molecule has 0 aromatic rings. The molecule has 96 valence electrons. The highest BCUT2D eigenvalue weighted by Crippen LogP contribution is 2.09. The lowest BCUT2D eigenvalue weighted by Crippen LogP contribution is -2.42. The molecule has 1 N–H and O–H groups in total. The third-order valence-corrected chi connectivity index (χ3v) is 1.83. The number of hydrogen-bond acceptors (Lipinski definition) is 4. The summed E-state index contributed by atoms with van der Waals surface area (Å²) in [5, 5.41) is 9.67. The molecule has 4 heteroatoms. The molecule has 0 amide bonds. The maximum absolute atomic E-state index is 11.6. The van der Waals surface area contributed by atoms with Gasteiger partial charge in [0.25, 0.3) is 0 Å². The summed E-state index contributed by atoms with van der Waals surface area (Å²) >= 11 is 0. The zero-order valence-corrected chi connectivity index (χ0v) is 11.3. The largest absolute Gasteiger partial charge is 0.459 e. The first-order chi connectivity index (χ1) is 7.03. The molecular weight excluding hydrogens is 206 g/mol. The zero-order chi connectivity index (χ0) is 13.0. The smallest absolute Gasteiger partial charge is 0.320 e. The van der Waals surface area contributed by atoms with E-state index >= 15 is 0 Å². The summed E-state index contributed by atoms with van der Waals surface area (Å²) in [6, 6.07) is 0. The molecule has 4 nitrogen and oxygen atoms in total. The number of hydrogen-bond donors (Lipinski definition) is 1. The van der Waals surface area contributed by atoms with Crippen LogP contribution >= 0.6 is 0 Å². The average molecular weight is 231 g/mol. The van der Waals surface area contributed by atoms with Gasteiger partial charge in [0.15, 0.2) is 0 Å². The molecule has 0 atom stereocenters. The van der Waals surface area contributed by atoms with Crippen LogP contribution < -0.4 is 0 Å². The summed E-state index contributed by atoms with van der Waals surface area (Å²) in [5.41, 5.74) is -1.25. The second-order valence-electron chi connectivity index (χ2n) is 5.70. The van der Waals surface area contributed by atoms with Crippen molar-refractivity contribution in [2.24, 2.45) is 0 Å². The van der Waals surface area contributed by atoms with Gasteiger partial charge in [-0.3, -0.25) is 9.69 Å². The molecule has 0 aromatic heterocycles. The van der Waals surface area contributed by atoms with Gasteiger partial charge in [0.05, 0.1) is 12.1 Å². The highest BCUT2D eigenvalue weighted by Gasteiger charge is 2.22. The summed E-state index contributed by atoms with van der Waals surface area (Å²) in [6.45, 7) is 12.3. The Bertz CT molecular complexity index is 225. The van der Waals surface area contributed by atoms with Gasteiger partial charge in [-0.15, -0.1) is 0 Å². The van der Waals surface area contributed by atoms with Crippen LogP contribution in [0.3, 0.4) is 0 Å². The Morgan fingerprint density at radius 3 is 2.06 bits per heavy atom. The number of esters is 1. The van der Waals surface area contributed by atoms with Crippen molar-refractivity contribution in [1.29, 1.82) is 0 Å². The Morgan fingerprint density at radius 1 is 1.25 bits per heavy atom. The van der Waals surface area contributed by atoms with E-state index in [2.05, 4.69) is 0 Å². The average Bonchev–Trinajstić information content (AvgIpc) is 1.96. The van der Waals surface area contributed by atoms with E-state index < -0.39 is 11.2 Å². The van der Waals surface area contributed by atoms with Gasteiger partial charge in [-0.1, -0.05) is 6.92 Å². The summed E-state index contributed by atoms with van der Waals surface area (Å²) in [6.07, 6.45) is 0. The molecule has 0 rings (SSSR count). The summed E-state index contributed by atoms with van der Waals surface area (Å²) < 4.78 is 5.22. The van der Waals surface area contributed by atoms with E-state index in [0.29, 0.717) is 13.1 Å². The van der Waals surface area contributed by atoms with Gasteiger partial charge in [0.1, 0.15) is 5.60 Å². The van der Waals surface area contributed by atoms with E-state index in [0.717, 1.165) is 0 Å². The van der Waals surface area contributed by atoms with Gasteiger partial charge in [-0.25, -0.2) is 0 Å². The molecule has 0 spiro atoms. The van der Waals surface area contributed by atoms with Crippen molar-refractivity contribution in [2.45, 2.75) is 52.7 Å². The number of aliphatic hydroxyl groups is 1. The zero-order valence-electron chi connectivity index (χ0n) is 11.3. The second kappa shape index (κ2) is 5.64. The quantitative estimate of drug-likeness (QED) is 0.727. The number of carbonyl (C=O) groups is 1. The molecule has 0 aliphatic rings. The van der Waals surface area contributed by atoms with Gasteiger partial charge >= 0.3 is 5.97 Å². The summed E-state index contributed by atoms with van der Waals surface area (Å²) in [5.74, 6) is -0.251. The highest BCUT2D eigenvalue weighted by atomic mass is 16.6. The van der Waals surface area contributed by atoms with Crippen LogP contribution in [0, 0.1) is 0 Å². The SMILES string of the molecule is CCN(CC(=O)OC(C)(C)C)CC(C)(C)O. The number of nitrogens with zero attached hydrogens (tertiary/aromatic N) is 1. The first kappa shape index (κ1) is 15.4. The number of ether oxygens (including phenoxy) is 1. The highest BCUT2D eigenvalue weighted by molar-refractivity contribution is 5.72. The number of likely N-dealkylation sites (N-methyl/N-ethyl adjacent to an activating group) is 1. The number of rotatable bonds is 5. The fourth-order valence-corrected chi connectivity index (χ4v) is 1.38. The van der Waals surface area contributed by atoms with E-state index in [9.17, 15) is 9.90 Å². The van der Waals surface area contributed by atoms with Crippen LogP contribution in [0.5, 0.6) is 0 Å². The van der Waals surface area contributed by atoms with Crippen molar-refractivity contribution in [3.63, 3.8) is 0 Å². The molecule has 0 saturated heterocycles. The maximum atomic E-state index is 11.6. The van der Waals surface area contributed by atoms with Gasteiger partial charge in [0.2, 0.25) is 0 Å². The van der Waals surface area contributed by atoms with Gasteiger partial charge in [0, 0.05) is 6.54 Å². The van der Waals surface area contributed by atoms with Crippen LogP contribution in [-0.2, 0) is 9.53 Å². The van der Waals surface area contributed by atoms with Gasteiger partial charge in [-0.05, 0) is 41.2 Å². The molecule has 16 heavy (non-hydrogen) atoms. The third-order valence-electron chi connectivity index (χ3n) is 1.83. The first-order valence-electron chi connectivity index (χ1n) is 5.70. The molecule has 0 aliphatic heterocycles. The van der Waals surface area contributed by atoms with Crippen molar-refractivity contribution < 1.29 is 14.6 Å². The summed E-state index contributed by atoms with van der Waals surface area (Å²) in [4.78, 5) is 13.4. The standard InChI is InChI=1S/C12H25NO3/c1-7-13(9-12(5,6)15)8-10(14)16-11(2,3)4/h15H,7-9H2,1-6H3. The Kier molecular flexibility index (Phi) is 5.42. The van der Waals surface area contributed by atoms with E-state index in [1.54, 1.807) is 13.8 Å². The third kappa shape index (κ3) is 8.68. The Balaban J connectivity index is 4.18. The first-order valence-corrected chi connectivity index (χ1v) is 5.70. The second-order valence-corrected chi connectivity index (χ2v) is 5.70. The van der Waals surface area contributed by atoms with Crippen molar-refractivity contribution in [3.8, 4) is 0 Å². The Labute approximate surface area is 98.6 Å². The molecule has 0 aromatic carbocycles. The normalized spacial score (nSPS) is 13.0. The Morgan fingerprint density at radius 2 is 1.75 bits per heavy atom. The minimum absolute atomic E-state index is 0.220. The molecule has 0 saturated carbocycles. The lowest BCUT2D eigenvalue weighted by Gasteiger charge is -2.28. The van der Waals surface area contributed by atoms with Crippen LogP contribution in [0.2, 0.25) is 0 Å². The lowest BCUT2D eigenvalue weighted by molar-refractivity contribution is -0.156. The predicted molar refractivity (Wildman–Crippen MR) is 64.3 cm³/mol. The minimum atomic E-state index is -0.794. The molecule has 0 unspecified atom stereocenters. The fourth-order valence-electron chi connectivity index (χ4n) is 1.38. The van der Waals surface area contributed by atoms with Crippen LogP contribution in [0.1, 0.15) is 41.5 Å². The maximum Gasteiger partial charge on any atom is 0.320 e. The van der Waals surface area contributed by atoms with Crippen LogP contribution in [0.15, 0.2) is 0 Å². The molecule has 0 bridgehead atoms. The van der Waals surface area contributed by atoms with Crippen molar-refractivity contribution in [2.75, 3.05) is 19.6 Å². The molecule has 0 heterocycles. The van der Waals surface area contributed by atoms with E-state index in [-0.39, 0.29) is 12.5 Å². The molecule has 0 radical (unpaired) electrons. The monoisotopic (exact) mass is 231 g/mol. The Hall–Kier alpha value is -0.610. The van der Waals surface area contributed by atoms with Crippen molar-refractivity contribution in [3.05, 3.63) is 0 Å². The van der Waals surface area contributed by atoms with Gasteiger partial charge in [-0.2, -0.15) is 0 Å². The van der Waals surface area contributed by atoms with E-state index in [4.69, 9.17) is 4.74 Å². The topological polar surface area (TPSA) is 49.8 Å². The van der Waals surface area contributed by atoms with Crippen molar-refractivity contribution >= 4 is 5.97 Å². The van der Waals surface area contributed by atoms with E-state index in [1.807, 2.05) is 32.6 Å². The van der Waals surface area contributed by atoms with Crippen molar-refractivity contribution in [1.82, 2.24) is 4.90 Å². The van der Waals surface area contributed by atoms with Crippen LogP contribution in [0.4, 0.5) is 0 Å². The summed E-state index contributed by atoms with van der Waals surface area (Å²) in [7, 11) is 0. The fraction of sp³-hybridized carbons (Fsp3) is 0.917. The van der Waals surface area contributed by atoms with E-state index in [1.165, 1.54) is 0 Å². The number of carbonyl (C=O) groups excluding carboxylic acids is 1. The minimum Gasteiger partial charge on any atom is -0.459 e. The van der Waals surface area contributed by atoms with Gasteiger partial charge < -0.3 is 9.84 Å². The lowest BCUT2D eigenvalue weighted by atomic mass is 10.1. The molecule has 0 aliphatic carbocycles. The molecular formula is C12H25NO3.